The quantitative estimate of drug-likeness (QED) is 0.622. The van der Waals surface area contributed by atoms with Crippen LogP contribution < -0.4 is 5.32 Å². The van der Waals surface area contributed by atoms with Crippen molar-refractivity contribution in [2.24, 2.45) is 17.3 Å². The fourth-order valence-corrected chi connectivity index (χ4v) is 9.02. The van der Waals surface area contributed by atoms with Crippen LogP contribution in [0.5, 0.6) is 0 Å². The maximum Gasteiger partial charge on any atom is 0.231 e. The van der Waals surface area contributed by atoms with Crippen LogP contribution in [0, 0.1) is 17.3 Å². The van der Waals surface area contributed by atoms with Crippen molar-refractivity contribution in [2.45, 2.75) is 75.2 Å². The summed E-state index contributed by atoms with van der Waals surface area (Å²) >= 11 is 6.26. The van der Waals surface area contributed by atoms with Gasteiger partial charge in [-0.15, -0.1) is 0 Å². The number of aromatic nitrogens is 2. The molecule has 5 unspecified atom stereocenters. The zero-order chi connectivity index (χ0) is 23.6. The summed E-state index contributed by atoms with van der Waals surface area (Å²) < 4.78 is 0. The third-order valence-corrected chi connectivity index (χ3v) is 10.6. The van der Waals surface area contributed by atoms with Crippen LogP contribution in [-0.2, 0) is 16.6 Å². The summed E-state index contributed by atoms with van der Waals surface area (Å²) in [4.78, 5) is 26.5. The van der Waals surface area contributed by atoms with Crippen LogP contribution in [0.4, 0.5) is 0 Å². The highest BCUT2D eigenvalue weighted by Gasteiger charge is 2.84. The Labute approximate surface area is 213 Å². The molecular weight excluding hydrogens is 456 g/mol. The number of fused-ring (bicyclic) bond motifs is 2. The largest absolute Gasteiger partial charge is 0.339 e. The van der Waals surface area contributed by atoms with Gasteiger partial charge in [-0.25, -0.2) is 4.98 Å². The van der Waals surface area contributed by atoms with E-state index in [0.29, 0.717) is 34.9 Å². The Bertz CT molecular complexity index is 1130. The molecule has 5 atom stereocenters. The lowest BCUT2D eigenvalue weighted by Gasteiger charge is -2.46. The van der Waals surface area contributed by atoms with Crippen LogP contribution in [0.25, 0.3) is 0 Å². The Morgan fingerprint density at radius 1 is 1.06 bits per heavy atom. The number of rotatable bonds is 3. The number of nitrogens with one attached hydrogen (secondary N) is 1. The number of hydrogen-bond acceptors (Lipinski definition) is 4. The molecule has 2 saturated heterocycles. The summed E-state index contributed by atoms with van der Waals surface area (Å²) in [6.07, 6.45) is 12.4. The Balaban J connectivity index is 1.23. The predicted octanol–water partition coefficient (Wildman–Crippen LogP) is 4.89. The lowest BCUT2D eigenvalue weighted by atomic mass is 9.75. The van der Waals surface area contributed by atoms with Crippen molar-refractivity contribution in [3.63, 3.8) is 0 Å². The number of amides is 1. The summed E-state index contributed by atoms with van der Waals surface area (Å²) in [5.41, 5.74) is 3.20. The number of halogens is 1. The molecule has 4 heterocycles. The molecule has 184 valence electrons. The number of likely N-dealkylation sites (tertiary alicyclic amines) is 1. The average Bonchev–Trinajstić information content (AvgIpc) is 3.31. The third kappa shape index (κ3) is 3.13. The van der Waals surface area contributed by atoms with Crippen molar-refractivity contribution in [3.05, 3.63) is 58.6 Å². The van der Waals surface area contributed by atoms with E-state index >= 15 is 0 Å². The molecule has 1 amide bonds. The highest BCUT2D eigenvalue weighted by molar-refractivity contribution is 6.29. The molecule has 1 spiro atoms. The van der Waals surface area contributed by atoms with Crippen LogP contribution in [0.2, 0.25) is 5.15 Å². The maximum atomic E-state index is 14.7. The van der Waals surface area contributed by atoms with E-state index in [1.807, 2.05) is 18.3 Å². The van der Waals surface area contributed by atoms with Crippen molar-refractivity contribution in [1.82, 2.24) is 20.2 Å². The van der Waals surface area contributed by atoms with Gasteiger partial charge in [0.05, 0.1) is 5.41 Å². The molecule has 6 heteroatoms. The Kier molecular flexibility index (Phi) is 5.26. The molecule has 2 aliphatic heterocycles. The normalized spacial score (nSPS) is 36.3. The molecule has 3 aliphatic carbocycles. The minimum Gasteiger partial charge on any atom is -0.339 e. The first-order valence-corrected chi connectivity index (χ1v) is 14.1. The van der Waals surface area contributed by atoms with E-state index in [9.17, 15) is 4.79 Å². The number of carbonyl (C=O) groups excluding carboxylic acids is 1. The minimum atomic E-state index is -0.307. The van der Waals surface area contributed by atoms with E-state index in [0.717, 1.165) is 51.0 Å². The fraction of sp³-hybridized carbons (Fsp3) is 0.621. The number of carbonyl (C=O) groups is 1. The SMILES string of the molecule is O=C(N1CCC(c2ccccn2)CC1C1CCCCC1)C12CNCC13c1ccc(Cl)nc1CCC23. The van der Waals surface area contributed by atoms with E-state index in [4.69, 9.17) is 16.6 Å². The van der Waals surface area contributed by atoms with Crippen molar-refractivity contribution < 1.29 is 4.79 Å². The Morgan fingerprint density at radius 3 is 2.77 bits per heavy atom. The van der Waals surface area contributed by atoms with E-state index in [2.05, 4.69) is 33.4 Å². The summed E-state index contributed by atoms with van der Waals surface area (Å²) in [5, 5.41) is 4.20. The summed E-state index contributed by atoms with van der Waals surface area (Å²) in [5.74, 6) is 1.92. The molecule has 5 nitrogen and oxygen atoms in total. The first kappa shape index (κ1) is 22.2. The van der Waals surface area contributed by atoms with E-state index in [1.165, 1.54) is 43.4 Å². The van der Waals surface area contributed by atoms with Crippen molar-refractivity contribution >= 4 is 17.5 Å². The molecule has 2 saturated carbocycles. The molecule has 2 aromatic rings. The van der Waals surface area contributed by atoms with E-state index in [1.54, 1.807) is 0 Å². The molecule has 5 aliphatic rings. The molecule has 1 N–H and O–H groups in total. The van der Waals surface area contributed by atoms with E-state index in [-0.39, 0.29) is 10.8 Å². The van der Waals surface area contributed by atoms with E-state index < -0.39 is 0 Å². The monoisotopic (exact) mass is 490 g/mol. The summed E-state index contributed by atoms with van der Waals surface area (Å²) in [6.45, 7) is 2.55. The Morgan fingerprint density at radius 2 is 1.94 bits per heavy atom. The molecule has 0 radical (unpaired) electrons. The highest BCUT2D eigenvalue weighted by atomic mass is 35.5. The zero-order valence-electron chi connectivity index (χ0n) is 20.4. The smallest absolute Gasteiger partial charge is 0.231 e. The van der Waals surface area contributed by atoms with Crippen molar-refractivity contribution in [3.8, 4) is 0 Å². The number of piperidine rings is 2. The van der Waals surface area contributed by atoms with Crippen molar-refractivity contribution in [2.75, 3.05) is 19.6 Å². The van der Waals surface area contributed by atoms with Gasteiger partial charge in [0.25, 0.3) is 0 Å². The lowest BCUT2D eigenvalue weighted by Crippen LogP contribution is -2.53. The van der Waals surface area contributed by atoms with Crippen LogP contribution in [0.1, 0.15) is 74.2 Å². The number of pyridine rings is 2. The standard InChI is InChI=1S/C29H35ClN4O/c30-26-12-9-21-23(33-26)10-11-25-28(21)17-31-18-29(25,28)27(35)34-15-13-20(22-8-4-5-14-32-22)16-24(34)19-6-2-1-3-7-19/h4-5,8-9,12,14,19-20,24-25,31H,1-3,6-7,10-11,13,15-18H2. The first-order chi connectivity index (χ1) is 17.1. The molecule has 4 fully saturated rings. The fourth-order valence-electron chi connectivity index (χ4n) is 8.85. The molecule has 2 aromatic heterocycles. The van der Waals surface area contributed by atoms with Gasteiger partial charge in [-0.05, 0) is 74.1 Å². The molecule has 0 aromatic carbocycles. The zero-order valence-corrected chi connectivity index (χ0v) is 21.1. The van der Waals surface area contributed by atoms with Gasteiger partial charge in [0.15, 0.2) is 0 Å². The number of nitrogens with zero attached hydrogens (tertiary/aromatic N) is 3. The van der Waals surface area contributed by atoms with Gasteiger partial charge in [-0.2, -0.15) is 0 Å². The second-order valence-corrected chi connectivity index (χ2v) is 12.1. The van der Waals surface area contributed by atoms with Gasteiger partial charge >= 0.3 is 0 Å². The van der Waals surface area contributed by atoms with Gasteiger partial charge in [-0.3, -0.25) is 9.78 Å². The van der Waals surface area contributed by atoms with Crippen LogP contribution in [0.15, 0.2) is 36.5 Å². The molecule has 35 heavy (non-hydrogen) atoms. The van der Waals surface area contributed by atoms with Crippen LogP contribution in [-0.4, -0.2) is 46.5 Å². The molecule has 0 bridgehead atoms. The third-order valence-electron chi connectivity index (χ3n) is 10.4. The van der Waals surface area contributed by atoms with Gasteiger partial charge in [0.2, 0.25) is 5.91 Å². The summed E-state index contributed by atoms with van der Waals surface area (Å²) in [7, 11) is 0. The first-order valence-electron chi connectivity index (χ1n) is 13.7. The van der Waals surface area contributed by atoms with Gasteiger partial charge < -0.3 is 10.2 Å². The van der Waals surface area contributed by atoms with Crippen molar-refractivity contribution in [1.29, 1.82) is 0 Å². The molecular formula is C29H35ClN4O. The average molecular weight is 491 g/mol. The molecule has 7 rings (SSSR count). The maximum absolute atomic E-state index is 14.7. The topological polar surface area (TPSA) is 58.1 Å². The second-order valence-electron chi connectivity index (χ2n) is 11.7. The van der Waals surface area contributed by atoms with Gasteiger partial charge in [0.1, 0.15) is 5.15 Å². The number of aryl methyl sites for hydroxylation is 1. The second kappa shape index (κ2) is 8.27. The lowest BCUT2D eigenvalue weighted by molar-refractivity contribution is -0.143. The minimum absolute atomic E-state index is 0.0931. The predicted molar refractivity (Wildman–Crippen MR) is 136 cm³/mol. The number of hydrogen-bond donors (Lipinski definition) is 1. The van der Waals surface area contributed by atoms with Gasteiger partial charge in [0, 0.05) is 54.6 Å². The Hall–Kier alpha value is -1.98. The van der Waals surface area contributed by atoms with Crippen LogP contribution in [0.3, 0.4) is 0 Å². The van der Waals surface area contributed by atoms with Gasteiger partial charge in [-0.1, -0.05) is 43.0 Å². The van der Waals surface area contributed by atoms with Crippen LogP contribution >= 0.6 is 11.6 Å². The summed E-state index contributed by atoms with van der Waals surface area (Å²) in [6, 6.07) is 10.7. The highest BCUT2D eigenvalue weighted by Crippen LogP contribution is 2.75.